The molecule has 0 aliphatic carbocycles. The fourth-order valence-electron chi connectivity index (χ4n) is 2.48. The number of nitrogens with one attached hydrogen (secondary N) is 2. The minimum atomic E-state index is -3.51. The molecule has 0 radical (unpaired) electrons. The Morgan fingerprint density at radius 1 is 1.14 bits per heavy atom. The monoisotopic (exact) mass is 405 g/mol. The molecule has 0 atom stereocenters. The Kier molecular flexibility index (Phi) is 7.24. The van der Waals surface area contributed by atoms with E-state index in [1.807, 2.05) is 6.92 Å². The molecule has 0 unspecified atom stereocenters. The van der Waals surface area contributed by atoms with Crippen molar-refractivity contribution in [2.45, 2.75) is 38.0 Å². The van der Waals surface area contributed by atoms with Gasteiger partial charge in [-0.1, -0.05) is 25.1 Å². The molecule has 0 aliphatic rings. The normalized spacial score (nSPS) is 11.2. The van der Waals surface area contributed by atoms with Gasteiger partial charge in [-0.15, -0.1) is 0 Å². The van der Waals surface area contributed by atoms with E-state index in [4.69, 9.17) is 0 Å². The van der Waals surface area contributed by atoms with Gasteiger partial charge in [0.05, 0.1) is 15.5 Å². The van der Waals surface area contributed by atoms with E-state index in [1.54, 1.807) is 25.1 Å². The Labute approximate surface area is 164 Å². The molecule has 150 valence electrons. The number of carbonyl (C=O) groups excluding carboxylic acids is 1. The van der Waals surface area contributed by atoms with Crippen molar-refractivity contribution in [3.63, 3.8) is 0 Å². The summed E-state index contributed by atoms with van der Waals surface area (Å²) in [5.74, 6) is -0.273. The first kappa shape index (κ1) is 21.5. The number of benzene rings is 2. The number of hydrogen-bond donors (Lipinski definition) is 2. The summed E-state index contributed by atoms with van der Waals surface area (Å²) >= 11 is 0. The molecule has 0 bridgehead atoms. The minimum absolute atomic E-state index is 0.0885. The molecular formula is C19H23N3O5S. The second-order valence-corrected chi connectivity index (χ2v) is 8.11. The van der Waals surface area contributed by atoms with Gasteiger partial charge in [-0.05, 0) is 43.0 Å². The summed E-state index contributed by atoms with van der Waals surface area (Å²) < 4.78 is 26.6. The average Bonchev–Trinajstić information content (AvgIpc) is 2.66. The first-order valence-corrected chi connectivity index (χ1v) is 10.3. The van der Waals surface area contributed by atoms with Crippen molar-refractivity contribution >= 4 is 27.3 Å². The maximum atomic E-state index is 12.2. The predicted octanol–water partition coefficient (Wildman–Crippen LogP) is 3.16. The maximum absolute atomic E-state index is 12.2. The number of carbonyl (C=O) groups is 1. The van der Waals surface area contributed by atoms with Crippen LogP contribution in [0.1, 0.15) is 30.9 Å². The minimum Gasteiger partial charge on any atom is -0.326 e. The lowest BCUT2D eigenvalue weighted by atomic mass is 10.1. The highest BCUT2D eigenvalue weighted by atomic mass is 32.2. The van der Waals surface area contributed by atoms with Crippen LogP contribution >= 0.6 is 0 Å². The van der Waals surface area contributed by atoms with Gasteiger partial charge in [-0.3, -0.25) is 14.9 Å². The molecular weight excluding hydrogens is 382 g/mol. The van der Waals surface area contributed by atoms with Gasteiger partial charge in [0.25, 0.3) is 5.69 Å². The third-order valence-electron chi connectivity index (χ3n) is 4.12. The number of rotatable bonds is 9. The van der Waals surface area contributed by atoms with E-state index in [-0.39, 0.29) is 22.9 Å². The van der Waals surface area contributed by atoms with Crippen molar-refractivity contribution in [2.75, 3.05) is 11.9 Å². The number of anilines is 1. The molecule has 9 heteroatoms. The number of nitro benzene ring substituents is 1. The van der Waals surface area contributed by atoms with Crippen LogP contribution in [0.2, 0.25) is 0 Å². The molecule has 2 rings (SSSR count). The van der Waals surface area contributed by atoms with Crippen molar-refractivity contribution < 1.29 is 18.1 Å². The van der Waals surface area contributed by atoms with Crippen molar-refractivity contribution in [1.29, 1.82) is 0 Å². The number of hydrogen-bond acceptors (Lipinski definition) is 5. The molecule has 8 nitrogen and oxygen atoms in total. The molecule has 2 aromatic rings. The average molecular weight is 405 g/mol. The number of nitro groups is 1. The number of non-ortho nitro benzene ring substituents is 1. The summed E-state index contributed by atoms with van der Waals surface area (Å²) in [6.45, 7) is 4.01. The van der Waals surface area contributed by atoms with Crippen LogP contribution in [0.5, 0.6) is 0 Å². The first-order chi connectivity index (χ1) is 13.2. The smallest absolute Gasteiger partial charge is 0.271 e. The predicted molar refractivity (Wildman–Crippen MR) is 107 cm³/mol. The maximum Gasteiger partial charge on any atom is 0.271 e. The lowest BCUT2D eigenvalue weighted by Gasteiger charge is -2.09. The summed E-state index contributed by atoms with van der Waals surface area (Å²) in [6.07, 6.45) is 1.29. The topological polar surface area (TPSA) is 118 Å². The highest BCUT2D eigenvalue weighted by molar-refractivity contribution is 7.89. The highest BCUT2D eigenvalue weighted by Crippen LogP contribution is 2.22. The van der Waals surface area contributed by atoms with Crippen molar-refractivity contribution in [3.05, 3.63) is 63.7 Å². The second kappa shape index (κ2) is 9.43. The Hall–Kier alpha value is -2.78. The molecule has 0 aromatic heterocycles. The molecule has 0 spiro atoms. The molecule has 28 heavy (non-hydrogen) atoms. The van der Waals surface area contributed by atoms with E-state index >= 15 is 0 Å². The van der Waals surface area contributed by atoms with Gasteiger partial charge in [0.1, 0.15) is 0 Å². The lowest BCUT2D eigenvalue weighted by molar-refractivity contribution is -0.384. The van der Waals surface area contributed by atoms with E-state index in [9.17, 15) is 23.3 Å². The first-order valence-electron chi connectivity index (χ1n) is 8.86. The molecule has 0 heterocycles. The third-order valence-corrected chi connectivity index (χ3v) is 5.60. The standard InChI is InChI=1S/C19H23N3O5S/c1-3-12-20-28(26,27)17-9-5-15(6-10-17)7-11-19(23)21-18-13-16(22(24)25)8-4-14(18)2/h4-6,8-10,13,20H,3,7,11-12H2,1-2H3,(H,21,23). The summed E-state index contributed by atoms with van der Waals surface area (Å²) in [6, 6.07) is 10.7. The van der Waals surface area contributed by atoms with Crippen LogP contribution < -0.4 is 10.0 Å². The Balaban J connectivity index is 1.96. The van der Waals surface area contributed by atoms with Gasteiger partial charge in [0.15, 0.2) is 0 Å². The van der Waals surface area contributed by atoms with Gasteiger partial charge in [0, 0.05) is 25.1 Å². The fourth-order valence-corrected chi connectivity index (χ4v) is 3.62. The van der Waals surface area contributed by atoms with Crippen LogP contribution in [0.15, 0.2) is 47.4 Å². The Bertz CT molecular complexity index is 956. The highest BCUT2D eigenvalue weighted by Gasteiger charge is 2.14. The zero-order valence-corrected chi connectivity index (χ0v) is 16.6. The molecule has 0 saturated carbocycles. The number of sulfonamides is 1. The molecule has 0 fully saturated rings. The zero-order valence-electron chi connectivity index (χ0n) is 15.8. The molecule has 0 aliphatic heterocycles. The van der Waals surface area contributed by atoms with Gasteiger partial charge < -0.3 is 5.32 Å². The van der Waals surface area contributed by atoms with Crippen molar-refractivity contribution in [1.82, 2.24) is 4.72 Å². The van der Waals surface area contributed by atoms with Crippen LogP contribution in [0.3, 0.4) is 0 Å². The van der Waals surface area contributed by atoms with E-state index in [0.717, 1.165) is 11.1 Å². The van der Waals surface area contributed by atoms with Gasteiger partial charge in [-0.2, -0.15) is 0 Å². The van der Waals surface area contributed by atoms with E-state index in [1.165, 1.54) is 24.3 Å². The van der Waals surface area contributed by atoms with Crippen molar-refractivity contribution in [2.24, 2.45) is 0 Å². The van der Waals surface area contributed by atoms with Crippen LogP contribution in [0, 0.1) is 17.0 Å². The largest absolute Gasteiger partial charge is 0.326 e. The van der Waals surface area contributed by atoms with Gasteiger partial charge in [0.2, 0.25) is 15.9 Å². The van der Waals surface area contributed by atoms with Crippen LogP contribution in [0.25, 0.3) is 0 Å². The van der Waals surface area contributed by atoms with Gasteiger partial charge >= 0.3 is 0 Å². The quantitative estimate of drug-likeness (QED) is 0.491. The molecule has 2 N–H and O–H groups in total. The van der Waals surface area contributed by atoms with Crippen LogP contribution in [-0.2, 0) is 21.2 Å². The number of nitrogens with zero attached hydrogens (tertiary/aromatic N) is 1. The SMILES string of the molecule is CCCNS(=O)(=O)c1ccc(CCC(=O)Nc2cc([N+](=O)[O-])ccc2C)cc1. The van der Waals surface area contributed by atoms with Gasteiger partial charge in [-0.25, -0.2) is 13.1 Å². The second-order valence-electron chi connectivity index (χ2n) is 6.35. The number of aryl methyl sites for hydroxylation is 2. The van der Waals surface area contributed by atoms with E-state index in [0.29, 0.717) is 25.1 Å². The fraction of sp³-hybridized carbons (Fsp3) is 0.316. The van der Waals surface area contributed by atoms with E-state index < -0.39 is 14.9 Å². The molecule has 1 amide bonds. The number of amides is 1. The molecule has 0 saturated heterocycles. The zero-order chi connectivity index (χ0) is 20.7. The lowest BCUT2D eigenvalue weighted by Crippen LogP contribution is -2.24. The third kappa shape index (κ3) is 5.86. The van der Waals surface area contributed by atoms with Crippen LogP contribution in [-0.4, -0.2) is 25.8 Å². The van der Waals surface area contributed by atoms with Crippen molar-refractivity contribution in [3.8, 4) is 0 Å². The summed E-state index contributed by atoms with van der Waals surface area (Å²) in [4.78, 5) is 22.7. The summed E-state index contributed by atoms with van der Waals surface area (Å²) in [5, 5.41) is 13.5. The summed E-state index contributed by atoms with van der Waals surface area (Å²) in [7, 11) is -3.51. The molecule has 2 aromatic carbocycles. The Morgan fingerprint density at radius 2 is 1.82 bits per heavy atom. The summed E-state index contributed by atoms with van der Waals surface area (Å²) in [5.41, 5.74) is 1.87. The van der Waals surface area contributed by atoms with Crippen LogP contribution in [0.4, 0.5) is 11.4 Å². The van der Waals surface area contributed by atoms with E-state index in [2.05, 4.69) is 10.0 Å². The Morgan fingerprint density at radius 3 is 2.43 bits per heavy atom.